The molecular formula is C14H16O. The lowest BCUT2D eigenvalue weighted by molar-refractivity contribution is -0.115. The molecule has 0 saturated carbocycles. The maximum Gasteiger partial charge on any atom is 0.155 e. The van der Waals surface area contributed by atoms with E-state index in [1.807, 2.05) is 6.08 Å². The van der Waals surface area contributed by atoms with E-state index >= 15 is 0 Å². The first kappa shape index (κ1) is 10.2. The van der Waals surface area contributed by atoms with Gasteiger partial charge < -0.3 is 0 Å². The minimum Gasteiger partial charge on any atom is -0.295 e. The van der Waals surface area contributed by atoms with Gasteiger partial charge in [-0.1, -0.05) is 42.8 Å². The van der Waals surface area contributed by atoms with E-state index in [-0.39, 0.29) is 11.2 Å². The van der Waals surface area contributed by atoms with Crippen LogP contribution in [0.2, 0.25) is 0 Å². The monoisotopic (exact) mass is 200 g/mol. The summed E-state index contributed by atoms with van der Waals surface area (Å²) in [5.41, 5.74) is 2.63. The van der Waals surface area contributed by atoms with Crippen LogP contribution in [0.1, 0.15) is 30.9 Å². The molecule has 0 amide bonds. The first-order valence-electron chi connectivity index (χ1n) is 5.39. The minimum absolute atomic E-state index is 0.0416. The number of hydrogen-bond acceptors (Lipinski definition) is 1. The number of rotatable bonds is 1. The Bertz CT molecular complexity index is 417. The molecule has 1 aromatic rings. The number of allylic oxidation sites excluding steroid dienone is 2. The van der Waals surface area contributed by atoms with Gasteiger partial charge in [0.2, 0.25) is 0 Å². The average molecular weight is 200 g/mol. The molecule has 1 aliphatic carbocycles. The maximum absolute atomic E-state index is 11.2. The predicted molar refractivity (Wildman–Crippen MR) is 61.9 cm³/mol. The van der Waals surface area contributed by atoms with Crippen LogP contribution in [0.5, 0.6) is 0 Å². The van der Waals surface area contributed by atoms with E-state index < -0.39 is 0 Å². The molecule has 0 aliphatic heterocycles. The lowest BCUT2D eigenvalue weighted by Gasteiger charge is -2.29. The molecule has 0 heterocycles. The highest BCUT2D eigenvalue weighted by Crippen LogP contribution is 2.33. The van der Waals surface area contributed by atoms with Gasteiger partial charge >= 0.3 is 0 Å². The number of carbonyl (C=O) groups excluding carboxylic acids is 1. The molecule has 1 aromatic carbocycles. The molecule has 1 heteroatoms. The summed E-state index contributed by atoms with van der Waals surface area (Å²) < 4.78 is 0. The van der Waals surface area contributed by atoms with Crippen molar-refractivity contribution in [3.05, 3.63) is 47.5 Å². The Morgan fingerprint density at radius 1 is 1.33 bits per heavy atom. The first-order valence-corrected chi connectivity index (χ1v) is 5.39. The topological polar surface area (TPSA) is 17.1 Å². The molecule has 1 aliphatic rings. The van der Waals surface area contributed by atoms with Crippen LogP contribution >= 0.6 is 0 Å². The molecular weight excluding hydrogens is 184 g/mol. The molecule has 1 atom stereocenters. The van der Waals surface area contributed by atoms with Gasteiger partial charge in [0.15, 0.2) is 5.78 Å². The fraction of sp³-hybridized carbons (Fsp3) is 0.357. The molecule has 78 valence electrons. The second kappa shape index (κ2) is 3.65. The van der Waals surface area contributed by atoms with E-state index in [0.717, 1.165) is 6.42 Å². The highest BCUT2D eigenvalue weighted by Gasteiger charge is 2.27. The number of benzene rings is 1. The zero-order chi connectivity index (χ0) is 10.9. The molecule has 0 radical (unpaired) electrons. The van der Waals surface area contributed by atoms with Crippen molar-refractivity contribution in [2.75, 3.05) is 0 Å². The molecule has 1 nitrogen and oxygen atoms in total. The maximum atomic E-state index is 11.2. The van der Waals surface area contributed by atoms with Crippen LogP contribution in [0, 0.1) is 6.92 Å². The van der Waals surface area contributed by atoms with Gasteiger partial charge in [0.1, 0.15) is 0 Å². The average Bonchev–Trinajstić information content (AvgIpc) is 2.23. The summed E-state index contributed by atoms with van der Waals surface area (Å²) in [5, 5.41) is 0. The number of hydrogen-bond donors (Lipinski definition) is 0. The predicted octanol–water partition coefficient (Wildman–Crippen LogP) is 3.17. The summed E-state index contributed by atoms with van der Waals surface area (Å²) in [7, 11) is 0. The Morgan fingerprint density at radius 2 is 2.13 bits per heavy atom. The second-order valence-corrected chi connectivity index (χ2v) is 4.59. The van der Waals surface area contributed by atoms with Crippen LogP contribution in [0.3, 0.4) is 0 Å². The lowest BCUT2D eigenvalue weighted by atomic mass is 9.75. The summed E-state index contributed by atoms with van der Waals surface area (Å²) in [4.78, 5) is 11.2. The smallest absolute Gasteiger partial charge is 0.155 e. The second-order valence-electron chi connectivity index (χ2n) is 4.59. The Labute approximate surface area is 90.8 Å². The highest BCUT2D eigenvalue weighted by atomic mass is 16.1. The third kappa shape index (κ3) is 2.01. The van der Waals surface area contributed by atoms with Crippen molar-refractivity contribution in [1.29, 1.82) is 0 Å². The van der Waals surface area contributed by atoms with E-state index in [1.165, 1.54) is 11.1 Å². The van der Waals surface area contributed by atoms with E-state index in [1.54, 1.807) is 6.08 Å². The zero-order valence-electron chi connectivity index (χ0n) is 9.29. The van der Waals surface area contributed by atoms with Crippen molar-refractivity contribution in [2.45, 2.75) is 32.1 Å². The number of carbonyl (C=O) groups is 1. The fourth-order valence-electron chi connectivity index (χ4n) is 2.07. The zero-order valence-corrected chi connectivity index (χ0v) is 9.29. The van der Waals surface area contributed by atoms with Crippen LogP contribution in [-0.4, -0.2) is 5.78 Å². The van der Waals surface area contributed by atoms with Crippen molar-refractivity contribution in [3.8, 4) is 0 Å². The molecule has 0 spiro atoms. The molecule has 2 rings (SSSR count). The summed E-state index contributed by atoms with van der Waals surface area (Å²) in [6.07, 6.45) is 5.37. The third-order valence-corrected chi connectivity index (χ3v) is 3.21. The van der Waals surface area contributed by atoms with Gasteiger partial charge in [-0.25, -0.2) is 0 Å². The van der Waals surface area contributed by atoms with Crippen molar-refractivity contribution < 1.29 is 4.79 Å². The van der Waals surface area contributed by atoms with Crippen molar-refractivity contribution in [1.82, 2.24) is 0 Å². The summed E-state index contributed by atoms with van der Waals surface area (Å²) in [6.45, 7) is 4.30. The van der Waals surface area contributed by atoms with Gasteiger partial charge in [-0.05, 0) is 25.0 Å². The largest absolute Gasteiger partial charge is 0.295 e. The van der Waals surface area contributed by atoms with Crippen LogP contribution < -0.4 is 0 Å². The first-order chi connectivity index (χ1) is 7.10. The van der Waals surface area contributed by atoms with Gasteiger partial charge in [0.05, 0.1) is 0 Å². The third-order valence-electron chi connectivity index (χ3n) is 3.21. The SMILES string of the molecule is Cc1cccc([C@]2(C)C=CC(=O)CC2)c1. The van der Waals surface area contributed by atoms with Gasteiger partial charge in [0, 0.05) is 11.8 Å². The van der Waals surface area contributed by atoms with Crippen molar-refractivity contribution in [2.24, 2.45) is 0 Å². The van der Waals surface area contributed by atoms with Crippen LogP contribution in [0.4, 0.5) is 0 Å². The summed E-state index contributed by atoms with van der Waals surface area (Å²) in [5.74, 6) is 0.250. The standard InChI is InChI=1S/C14H16O/c1-11-4-3-5-12(10-11)14(2)8-6-13(15)7-9-14/h3-6,8,10H,7,9H2,1-2H3/t14-/m1/s1. The van der Waals surface area contributed by atoms with E-state index in [4.69, 9.17) is 0 Å². The summed E-state index contributed by atoms with van der Waals surface area (Å²) in [6, 6.07) is 8.54. The van der Waals surface area contributed by atoms with Gasteiger partial charge in [0.25, 0.3) is 0 Å². The van der Waals surface area contributed by atoms with Gasteiger partial charge in [-0.15, -0.1) is 0 Å². The quantitative estimate of drug-likeness (QED) is 0.680. The van der Waals surface area contributed by atoms with Crippen molar-refractivity contribution >= 4 is 5.78 Å². The molecule has 0 fully saturated rings. The van der Waals surface area contributed by atoms with Crippen LogP contribution in [0.25, 0.3) is 0 Å². The highest BCUT2D eigenvalue weighted by molar-refractivity contribution is 5.91. The normalized spacial score (nSPS) is 25.6. The van der Waals surface area contributed by atoms with Crippen LogP contribution in [0.15, 0.2) is 36.4 Å². The van der Waals surface area contributed by atoms with E-state index in [2.05, 4.69) is 38.1 Å². The van der Waals surface area contributed by atoms with Crippen molar-refractivity contribution in [3.63, 3.8) is 0 Å². The molecule has 0 bridgehead atoms. The fourth-order valence-corrected chi connectivity index (χ4v) is 2.07. The minimum atomic E-state index is 0.0416. The molecule has 0 N–H and O–H groups in total. The molecule has 15 heavy (non-hydrogen) atoms. The Balaban J connectivity index is 2.38. The lowest BCUT2D eigenvalue weighted by Crippen LogP contribution is -2.24. The van der Waals surface area contributed by atoms with Gasteiger partial charge in [-0.2, -0.15) is 0 Å². The molecule has 0 unspecified atom stereocenters. The number of ketones is 1. The molecule has 0 aromatic heterocycles. The molecule has 0 saturated heterocycles. The van der Waals surface area contributed by atoms with Crippen LogP contribution in [-0.2, 0) is 10.2 Å². The van der Waals surface area contributed by atoms with Gasteiger partial charge in [-0.3, -0.25) is 4.79 Å². The summed E-state index contributed by atoms with van der Waals surface area (Å²) >= 11 is 0. The van der Waals surface area contributed by atoms with E-state index in [9.17, 15) is 4.79 Å². The number of aryl methyl sites for hydroxylation is 1. The Morgan fingerprint density at radius 3 is 2.73 bits per heavy atom. The van der Waals surface area contributed by atoms with E-state index in [0.29, 0.717) is 6.42 Å². The Hall–Kier alpha value is -1.37. The Kier molecular flexibility index (Phi) is 2.47.